The molecular formula is C17H18N2O. The molecule has 1 N–H and O–H groups in total. The third-order valence-electron chi connectivity index (χ3n) is 2.85. The van der Waals surface area contributed by atoms with Crippen molar-refractivity contribution in [3.63, 3.8) is 0 Å². The Morgan fingerprint density at radius 1 is 1.15 bits per heavy atom. The Morgan fingerprint density at radius 2 is 1.80 bits per heavy atom. The molecule has 0 fully saturated rings. The largest absolute Gasteiger partial charge is 0.322 e. The maximum atomic E-state index is 12.3. The fourth-order valence-electron chi connectivity index (χ4n) is 1.87. The van der Waals surface area contributed by atoms with Gasteiger partial charge in [-0.25, -0.2) is 4.79 Å². The van der Waals surface area contributed by atoms with Crippen molar-refractivity contribution in [3.05, 3.63) is 78.9 Å². The first-order valence-corrected chi connectivity index (χ1v) is 6.48. The first-order chi connectivity index (χ1) is 10.3. The van der Waals surface area contributed by atoms with E-state index in [9.17, 15) is 4.79 Å². The Hall–Kier alpha value is -2.55. The van der Waals surface area contributed by atoms with Crippen LogP contribution in [0.3, 0.4) is 0 Å². The second kappa shape index (κ2) is 7.14. The molecule has 0 aliphatic rings. The molecule has 2 aromatic rings. The molecule has 2 aromatic carbocycles. The third kappa shape index (κ3) is 3.99. The van der Waals surface area contributed by atoms with Crippen LogP contribution in [0.15, 0.2) is 73.3 Å². The summed E-state index contributed by atoms with van der Waals surface area (Å²) >= 11 is 0. The van der Waals surface area contributed by atoms with Gasteiger partial charge in [-0.3, -0.25) is 0 Å². The molecule has 3 heteroatoms. The van der Waals surface area contributed by atoms with Gasteiger partial charge in [0.05, 0.1) is 1.37 Å². The highest BCUT2D eigenvalue weighted by Crippen LogP contribution is 2.09. The number of carbonyl (C=O) groups excluding carboxylic acids is 1. The number of amides is 2. The predicted octanol–water partition coefficient (Wildman–Crippen LogP) is 3.91. The van der Waals surface area contributed by atoms with Crippen LogP contribution >= 0.6 is 0 Å². The van der Waals surface area contributed by atoms with E-state index < -0.39 is 0 Å². The Balaban J connectivity index is 2.06. The lowest BCUT2D eigenvalue weighted by Crippen LogP contribution is -2.34. The Kier molecular flexibility index (Phi) is 4.46. The van der Waals surface area contributed by atoms with E-state index in [0.29, 0.717) is 13.1 Å². The maximum absolute atomic E-state index is 12.3. The maximum Gasteiger partial charge on any atom is 0.322 e. The molecule has 102 valence electrons. The van der Waals surface area contributed by atoms with Gasteiger partial charge in [-0.2, -0.15) is 0 Å². The van der Waals surface area contributed by atoms with E-state index >= 15 is 0 Å². The fraction of sp³-hybridized carbons (Fsp3) is 0.118. The molecule has 0 radical (unpaired) electrons. The highest BCUT2D eigenvalue weighted by atomic mass is 16.2. The van der Waals surface area contributed by atoms with E-state index in [1.54, 1.807) is 11.0 Å². The normalized spacial score (nSPS) is 11.1. The van der Waals surface area contributed by atoms with Gasteiger partial charge in [-0.05, 0) is 17.7 Å². The molecule has 0 saturated carbocycles. The second-order valence-electron chi connectivity index (χ2n) is 4.40. The lowest BCUT2D eigenvalue weighted by molar-refractivity contribution is 0.215. The molecule has 0 aliphatic heterocycles. The monoisotopic (exact) mass is 267 g/mol. The molecule has 20 heavy (non-hydrogen) atoms. The summed E-state index contributed by atoms with van der Waals surface area (Å²) in [6.07, 6.45) is 1.65. The van der Waals surface area contributed by atoms with E-state index in [-0.39, 0.29) is 6.03 Å². The number of benzene rings is 2. The number of carbonyl (C=O) groups is 1. The van der Waals surface area contributed by atoms with Gasteiger partial charge < -0.3 is 10.2 Å². The zero-order chi connectivity index (χ0) is 14.9. The molecule has 0 saturated heterocycles. The first kappa shape index (κ1) is 12.5. The second-order valence-corrected chi connectivity index (χ2v) is 4.40. The van der Waals surface area contributed by atoms with Gasteiger partial charge in [-0.1, -0.05) is 54.6 Å². The summed E-state index contributed by atoms with van der Waals surface area (Å²) in [5.74, 6) is 0. The number of hydrogen-bond acceptors (Lipinski definition) is 1. The average molecular weight is 267 g/mol. The van der Waals surface area contributed by atoms with Crippen LogP contribution in [0.4, 0.5) is 10.5 Å². The molecule has 3 nitrogen and oxygen atoms in total. The summed E-state index contributed by atoms with van der Waals surface area (Å²) in [6.45, 7) is 2.11. The third-order valence-corrected chi connectivity index (χ3v) is 2.85. The number of nitrogens with one attached hydrogen (secondary N) is 1. The van der Waals surface area contributed by atoms with E-state index in [2.05, 4.69) is 5.32 Å². The van der Waals surface area contributed by atoms with Gasteiger partial charge in [0.15, 0.2) is 0 Å². The first-order valence-electron chi connectivity index (χ1n) is 7.05. The predicted molar refractivity (Wildman–Crippen MR) is 82.5 cm³/mol. The summed E-state index contributed by atoms with van der Waals surface area (Å²) in [6, 6.07) is 19.0. The van der Waals surface area contributed by atoms with Crippen LogP contribution in [0.2, 0.25) is 0 Å². The lowest BCUT2D eigenvalue weighted by Gasteiger charge is -2.21. The van der Waals surface area contributed by atoms with Gasteiger partial charge in [-0.15, -0.1) is 6.55 Å². The van der Waals surface area contributed by atoms with Crippen molar-refractivity contribution in [2.45, 2.75) is 6.54 Å². The molecule has 0 unspecified atom stereocenters. The summed E-state index contributed by atoms with van der Waals surface area (Å²) in [5, 5.41) is 2.86. The minimum absolute atomic E-state index is 0.178. The number of nitrogens with zero attached hydrogens (tertiary/aromatic N) is 1. The van der Waals surface area contributed by atoms with Gasteiger partial charge in [0.2, 0.25) is 0 Å². The van der Waals surface area contributed by atoms with Crippen molar-refractivity contribution in [1.29, 1.82) is 0 Å². The molecular weight excluding hydrogens is 248 g/mol. The standard InChI is InChI=1S/C17H18N2O/c1-2-13-19(14-15-9-5-3-6-10-15)17(20)18-16-11-7-4-8-12-16/h2-12H,1,13-14H2,(H,18,20)/i1D. The number of hydrogen-bond donors (Lipinski definition) is 1. The number of anilines is 1. The van der Waals surface area contributed by atoms with Crippen molar-refractivity contribution in [1.82, 2.24) is 4.90 Å². The van der Waals surface area contributed by atoms with Crippen LogP contribution in [-0.2, 0) is 6.54 Å². The number of rotatable bonds is 5. The van der Waals surface area contributed by atoms with Crippen molar-refractivity contribution < 1.29 is 6.17 Å². The summed E-state index contributed by atoms with van der Waals surface area (Å²) in [5.41, 5.74) is 1.81. The lowest BCUT2D eigenvalue weighted by atomic mass is 10.2. The van der Waals surface area contributed by atoms with E-state index in [1.807, 2.05) is 60.7 Å². The molecule has 2 amide bonds. The number of urea groups is 1. The zero-order valence-corrected chi connectivity index (χ0v) is 11.2. The molecule has 2 rings (SSSR count). The molecule has 0 aromatic heterocycles. The van der Waals surface area contributed by atoms with Crippen LogP contribution < -0.4 is 5.32 Å². The topological polar surface area (TPSA) is 32.3 Å². The fourth-order valence-corrected chi connectivity index (χ4v) is 1.87. The molecule has 0 spiro atoms. The van der Waals surface area contributed by atoms with Crippen LogP contribution in [-0.4, -0.2) is 17.5 Å². The van der Waals surface area contributed by atoms with E-state index in [4.69, 9.17) is 1.37 Å². The minimum Gasteiger partial charge on any atom is -0.316 e. The molecule has 0 atom stereocenters. The van der Waals surface area contributed by atoms with Crippen LogP contribution in [0.25, 0.3) is 0 Å². The van der Waals surface area contributed by atoms with Crippen molar-refractivity contribution >= 4 is 11.7 Å². The minimum atomic E-state index is -0.178. The van der Waals surface area contributed by atoms with E-state index in [1.165, 1.54) is 6.55 Å². The van der Waals surface area contributed by atoms with Gasteiger partial charge in [0.1, 0.15) is 0 Å². The van der Waals surface area contributed by atoms with Crippen LogP contribution in [0.5, 0.6) is 0 Å². The Morgan fingerprint density at radius 3 is 2.45 bits per heavy atom. The highest BCUT2D eigenvalue weighted by molar-refractivity contribution is 5.89. The quantitative estimate of drug-likeness (QED) is 0.818. The Bertz CT molecular complexity index is 584. The number of para-hydroxylation sites is 1. The average Bonchev–Trinajstić information content (AvgIpc) is 2.53. The molecule has 0 heterocycles. The van der Waals surface area contributed by atoms with Gasteiger partial charge >= 0.3 is 6.03 Å². The van der Waals surface area contributed by atoms with Crippen molar-refractivity contribution in [3.8, 4) is 0 Å². The highest BCUT2D eigenvalue weighted by Gasteiger charge is 2.12. The molecule has 0 bridgehead atoms. The zero-order valence-electron chi connectivity index (χ0n) is 12.2. The SMILES string of the molecule is [2H]C=CCN(Cc1ccccc1)C(=O)Nc1ccccc1. The van der Waals surface area contributed by atoms with Crippen LogP contribution in [0, 0.1) is 0 Å². The Labute approximate surface area is 120 Å². The van der Waals surface area contributed by atoms with Crippen molar-refractivity contribution in [2.24, 2.45) is 0 Å². The summed E-state index contributed by atoms with van der Waals surface area (Å²) in [7, 11) is 0. The van der Waals surface area contributed by atoms with Gasteiger partial charge in [0, 0.05) is 18.8 Å². The van der Waals surface area contributed by atoms with Crippen LogP contribution in [0.1, 0.15) is 6.93 Å². The smallest absolute Gasteiger partial charge is 0.316 e. The summed E-state index contributed by atoms with van der Waals surface area (Å²) < 4.78 is 7.10. The summed E-state index contributed by atoms with van der Waals surface area (Å²) in [4.78, 5) is 14.0. The van der Waals surface area contributed by atoms with E-state index in [0.717, 1.165) is 11.3 Å². The van der Waals surface area contributed by atoms with Gasteiger partial charge in [0.25, 0.3) is 0 Å². The van der Waals surface area contributed by atoms with Crippen molar-refractivity contribution in [2.75, 3.05) is 11.9 Å². The molecule has 0 aliphatic carbocycles.